The standard InChI is InChI=1S/C22H19F5N4O2/c1-12-10-30(11-15-8-29-20(31(12)15)21(2,33)22(25,26)27)19(32)16-7-18(28-9-17(16)24)13-3-5-14(23)6-4-13/h3-9,12,33H,10-11H2,1-2H3/t12-,21+/m0/s1. The molecule has 0 saturated carbocycles. The van der Waals surface area contributed by atoms with Gasteiger partial charge in [-0.3, -0.25) is 9.78 Å². The minimum Gasteiger partial charge on any atom is -0.374 e. The summed E-state index contributed by atoms with van der Waals surface area (Å²) >= 11 is 0. The van der Waals surface area contributed by atoms with Crippen LogP contribution in [0, 0.1) is 11.6 Å². The lowest BCUT2D eigenvalue weighted by Gasteiger charge is -2.36. The Morgan fingerprint density at radius 1 is 1.12 bits per heavy atom. The quantitative estimate of drug-likeness (QED) is 0.587. The highest BCUT2D eigenvalue weighted by atomic mass is 19.4. The molecule has 33 heavy (non-hydrogen) atoms. The summed E-state index contributed by atoms with van der Waals surface area (Å²) in [5.74, 6) is -2.57. The molecule has 0 radical (unpaired) electrons. The second kappa shape index (κ2) is 7.91. The summed E-state index contributed by atoms with van der Waals surface area (Å²) in [6, 6.07) is 5.90. The molecule has 3 aromatic rings. The summed E-state index contributed by atoms with van der Waals surface area (Å²) in [6.07, 6.45) is -2.89. The van der Waals surface area contributed by atoms with E-state index in [-0.39, 0.29) is 30.0 Å². The van der Waals surface area contributed by atoms with E-state index in [0.29, 0.717) is 12.5 Å². The van der Waals surface area contributed by atoms with Crippen molar-refractivity contribution < 1.29 is 31.9 Å². The number of nitrogens with zero attached hydrogens (tertiary/aromatic N) is 4. The Labute approximate surface area is 185 Å². The van der Waals surface area contributed by atoms with Crippen LogP contribution in [0.4, 0.5) is 22.0 Å². The number of rotatable bonds is 3. The maximum atomic E-state index is 14.5. The van der Waals surface area contributed by atoms with Crippen LogP contribution in [0.15, 0.2) is 42.7 Å². The number of imidazole rings is 1. The lowest BCUT2D eigenvalue weighted by Crippen LogP contribution is -2.45. The fraction of sp³-hybridized carbons (Fsp3) is 0.318. The number of aliphatic hydroxyl groups is 1. The predicted molar refractivity (Wildman–Crippen MR) is 107 cm³/mol. The number of hydrogen-bond acceptors (Lipinski definition) is 4. The van der Waals surface area contributed by atoms with Gasteiger partial charge in [-0.25, -0.2) is 13.8 Å². The van der Waals surface area contributed by atoms with Gasteiger partial charge in [-0.1, -0.05) is 0 Å². The number of halogens is 5. The maximum Gasteiger partial charge on any atom is 0.424 e. The Morgan fingerprint density at radius 2 is 1.79 bits per heavy atom. The lowest BCUT2D eigenvalue weighted by atomic mass is 10.0. The molecule has 1 N–H and O–H groups in total. The smallest absolute Gasteiger partial charge is 0.374 e. The molecule has 0 unspecified atom stereocenters. The molecule has 1 aliphatic rings. The van der Waals surface area contributed by atoms with Gasteiger partial charge >= 0.3 is 6.18 Å². The van der Waals surface area contributed by atoms with Crippen molar-refractivity contribution in [3.63, 3.8) is 0 Å². The van der Waals surface area contributed by atoms with Gasteiger partial charge in [0.2, 0.25) is 5.60 Å². The Bertz CT molecular complexity index is 1200. The number of fused-ring (bicyclic) bond motifs is 1. The van der Waals surface area contributed by atoms with Crippen molar-refractivity contribution in [1.82, 2.24) is 19.4 Å². The van der Waals surface area contributed by atoms with E-state index in [2.05, 4.69) is 9.97 Å². The number of carbonyl (C=O) groups excluding carboxylic acids is 1. The van der Waals surface area contributed by atoms with E-state index in [4.69, 9.17) is 0 Å². The van der Waals surface area contributed by atoms with Crippen molar-refractivity contribution in [2.24, 2.45) is 0 Å². The number of alkyl halides is 3. The van der Waals surface area contributed by atoms with Gasteiger partial charge in [-0.2, -0.15) is 13.2 Å². The molecule has 11 heteroatoms. The summed E-state index contributed by atoms with van der Waals surface area (Å²) in [4.78, 5) is 22.1. The molecule has 0 spiro atoms. The first-order chi connectivity index (χ1) is 15.4. The Morgan fingerprint density at radius 3 is 2.42 bits per heavy atom. The zero-order chi connectivity index (χ0) is 24.1. The van der Waals surface area contributed by atoms with Crippen molar-refractivity contribution in [3.8, 4) is 11.3 Å². The van der Waals surface area contributed by atoms with Gasteiger partial charge in [0.05, 0.1) is 41.9 Å². The zero-order valence-corrected chi connectivity index (χ0v) is 17.6. The van der Waals surface area contributed by atoms with Crippen LogP contribution in [0.5, 0.6) is 0 Å². The van der Waals surface area contributed by atoms with Crippen molar-refractivity contribution in [2.45, 2.75) is 38.2 Å². The average molecular weight is 466 g/mol. The Hall–Kier alpha value is -3.34. The summed E-state index contributed by atoms with van der Waals surface area (Å²) in [5, 5.41) is 10.1. The van der Waals surface area contributed by atoms with Gasteiger partial charge in [-0.15, -0.1) is 0 Å². The van der Waals surface area contributed by atoms with E-state index in [1.807, 2.05) is 0 Å². The second-order valence-electron chi connectivity index (χ2n) is 8.10. The molecule has 1 aliphatic heterocycles. The third-order valence-corrected chi connectivity index (χ3v) is 5.65. The average Bonchev–Trinajstić information content (AvgIpc) is 3.19. The first-order valence-corrected chi connectivity index (χ1v) is 9.96. The molecule has 174 valence electrons. The molecule has 0 bridgehead atoms. The number of hydrogen-bond donors (Lipinski definition) is 1. The molecule has 1 aromatic carbocycles. The lowest BCUT2D eigenvalue weighted by molar-refractivity contribution is -0.263. The van der Waals surface area contributed by atoms with Gasteiger partial charge in [0, 0.05) is 12.1 Å². The minimum absolute atomic E-state index is 0.0310. The monoisotopic (exact) mass is 466 g/mol. The number of aromatic nitrogens is 3. The van der Waals surface area contributed by atoms with Gasteiger partial charge < -0.3 is 14.6 Å². The van der Waals surface area contributed by atoms with Gasteiger partial charge in [-0.05, 0) is 44.2 Å². The molecule has 0 fully saturated rings. The number of amides is 1. The summed E-state index contributed by atoms with van der Waals surface area (Å²) in [5.41, 5.74) is -2.43. The second-order valence-corrected chi connectivity index (χ2v) is 8.10. The van der Waals surface area contributed by atoms with E-state index >= 15 is 0 Å². The van der Waals surface area contributed by atoms with Crippen LogP contribution in [0.1, 0.15) is 41.8 Å². The Kier molecular flexibility index (Phi) is 5.47. The first-order valence-electron chi connectivity index (χ1n) is 9.96. The molecular weight excluding hydrogens is 447 g/mol. The van der Waals surface area contributed by atoms with Crippen LogP contribution in [-0.4, -0.2) is 43.2 Å². The minimum atomic E-state index is -4.95. The third-order valence-electron chi connectivity index (χ3n) is 5.65. The van der Waals surface area contributed by atoms with Crippen LogP contribution in [0.25, 0.3) is 11.3 Å². The van der Waals surface area contributed by atoms with E-state index in [1.54, 1.807) is 6.92 Å². The van der Waals surface area contributed by atoms with Crippen molar-refractivity contribution in [3.05, 3.63) is 71.4 Å². The molecule has 0 aliphatic carbocycles. The van der Waals surface area contributed by atoms with Crippen LogP contribution < -0.4 is 0 Å². The van der Waals surface area contributed by atoms with Crippen LogP contribution in [0.3, 0.4) is 0 Å². The molecule has 3 heterocycles. The number of pyridine rings is 1. The normalized spacial score (nSPS) is 18.1. The van der Waals surface area contributed by atoms with Crippen molar-refractivity contribution >= 4 is 5.91 Å². The van der Waals surface area contributed by atoms with Crippen LogP contribution in [-0.2, 0) is 12.1 Å². The highest BCUT2D eigenvalue weighted by Crippen LogP contribution is 2.40. The van der Waals surface area contributed by atoms with E-state index in [0.717, 1.165) is 6.20 Å². The maximum absolute atomic E-state index is 14.5. The van der Waals surface area contributed by atoms with Crippen LogP contribution in [0.2, 0.25) is 0 Å². The number of carbonyl (C=O) groups is 1. The Balaban J connectivity index is 1.65. The van der Waals surface area contributed by atoms with Crippen molar-refractivity contribution in [2.75, 3.05) is 6.54 Å². The van der Waals surface area contributed by atoms with Crippen LogP contribution >= 0.6 is 0 Å². The SMILES string of the molecule is C[C@H]1CN(C(=O)c2cc(-c3ccc(F)cc3)ncc2F)Cc2cnc([C@@](C)(O)C(F)(F)F)n21. The molecule has 6 nitrogen and oxygen atoms in total. The van der Waals surface area contributed by atoms with Crippen molar-refractivity contribution in [1.29, 1.82) is 0 Å². The molecule has 4 rings (SSSR count). The van der Waals surface area contributed by atoms with E-state index < -0.39 is 41.2 Å². The fourth-order valence-corrected chi connectivity index (χ4v) is 3.86. The van der Waals surface area contributed by atoms with Gasteiger partial charge in [0.25, 0.3) is 5.91 Å². The molecule has 0 saturated heterocycles. The fourth-order valence-electron chi connectivity index (χ4n) is 3.86. The largest absolute Gasteiger partial charge is 0.424 e. The van der Waals surface area contributed by atoms with E-state index in [1.165, 1.54) is 46.0 Å². The highest BCUT2D eigenvalue weighted by Gasteiger charge is 2.55. The molecular formula is C22H19F5N4O2. The zero-order valence-electron chi connectivity index (χ0n) is 17.6. The predicted octanol–water partition coefficient (Wildman–Crippen LogP) is 4.21. The van der Waals surface area contributed by atoms with Gasteiger partial charge in [0.15, 0.2) is 11.6 Å². The highest BCUT2D eigenvalue weighted by molar-refractivity contribution is 5.95. The first kappa shape index (κ1) is 22.8. The van der Waals surface area contributed by atoms with E-state index in [9.17, 15) is 31.9 Å². The molecule has 1 amide bonds. The van der Waals surface area contributed by atoms with Gasteiger partial charge in [0.1, 0.15) is 5.82 Å². The summed E-state index contributed by atoms with van der Waals surface area (Å²) in [7, 11) is 0. The topological polar surface area (TPSA) is 71.2 Å². The molecule has 2 atom stereocenters. The summed E-state index contributed by atoms with van der Waals surface area (Å²) in [6.45, 7) is 2.04. The molecule has 2 aromatic heterocycles. The third kappa shape index (κ3) is 3.97. The number of benzene rings is 1. The summed E-state index contributed by atoms with van der Waals surface area (Å²) < 4.78 is 68.9.